The SMILES string of the molecule is CC1CCN(C(=O)COc2ccc(S(=O)(=O)NCCc3ccccc3)cc2)CC1. The van der Waals surface area contributed by atoms with Crippen molar-refractivity contribution in [3.8, 4) is 5.75 Å². The van der Waals surface area contributed by atoms with Gasteiger partial charge < -0.3 is 9.64 Å². The average molecular weight is 417 g/mol. The number of hydrogen-bond donors (Lipinski definition) is 1. The first-order valence-corrected chi connectivity index (χ1v) is 11.5. The fourth-order valence-corrected chi connectivity index (χ4v) is 4.30. The second-order valence-corrected chi connectivity index (χ2v) is 9.22. The Morgan fingerprint density at radius 1 is 1.07 bits per heavy atom. The second kappa shape index (κ2) is 9.89. The Morgan fingerprint density at radius 2 is 1.72 bits per heavy atom. The molecule has 7 heteroatoms. The minimum Gasteiger partial charge on any atom is -0.484 e. The maximum Gasteiger partial charge on any atom is 0.260 e. The van der Waals surface area contributed by atoms with E-state index in [1.807, 2.05) is 35.2 Å². The molecule has 3 rings (SSSR count). The largest absolute Gasteiger partial charge is 0.484 e. The van der Waals surface area contributed by atoms with Gasteiger partial charge in [0.15, 0.2) is 6.61 Å². The predicted octanol–water partition coefficient (Wildman–Crippen LogP) is 2.84. The number of ether oxygens (including phenoxy) is 1. The lowest BCUT2D eigenvalue weighted by Crippen LogP contribution is -2.40. The molecule has 2 aromatic rings. The Hall–Kier alpha value is -2.38. The number of nitrogens with one attached hydrogen (secondary N) is 1. The van der Waals surface area contributed by atoms with Gasteiger partial charge in [0.05, 0.1) is 4.90 Å². The van der Waals surface area contributed by atoms with Gasteiger partial charge in [0.25, 0.3) is 5.91 Å². The molecule has 1 saturated heterocycles. The predicted molar refractivity (Wildman–Crippen MR) is 112 cm³/mol. The quantitative estimate of drug-likeness (QED) is 0.718. The molecule has 0 saturated carbocycles. The number of sulfonamides is 1. The molecule has 1 fully saturated rings. The number of benzene rings is 2. The number of nitrogens with zero attached hydrogens (tertiary/aromatic N) is 1. The highest BCUT2D eigenvalue weighted by Crippen LogP contribution is 2.18. The molecule has 0 unspecified atom stereocenters. The average Bonchev–Trinajstić information content (AvgIpc) is 2.73. The van der Waals surface area contributed by atoms with Gasteiger partial charge in [-0.2, -0.15) is 0 Å². The first kappa shape index (κ1) is 21.3. The van der Waals surface area contributed by atoms with Crippen molar-refractivity contribution in [3.63, 3.8) is 0 Å². The number of carbonyl (C=O) groups is 1. The lowest BCUT2D eigenvalue weighted by Gasteiger charge is -2.30. The number of piperidine rings is 1. The summed E-state index contributed by atoms with van der Waals surface area (Å²) in [6.07, 6.45) is 2.67. The van der Waals surface area contributed by atoms with Crippen LogP contribution in [0.2, 0.25) is 0 Å². The molecule has 1 aliphatic rings. The third-order valence-corrected chi connectivity index (χ3v) is 6.66. The van der Waals surface area contributed by atoms with E-state index in [4.69, 9.17) is 4.74 Å². The van der Waals surface area contributed by atoms with Gasteiger partial charge in [-0.25, -0.2) is 13.1 Å². The maximum absolute atomic E-state index is 12.4. The van der Waals surface area contributed by atoms with Crippen LogP contribution in [0.3, 0.4) is 0 Å². The van der Waals surface area contributed by atoms with Crippen molar-refractivity contribution >= 4 is 15.9 Å². The number of carbonyl (C=O) groups excluding carboxylic acids is 1. The molecular weight excluding hydrogens is 388 g/mol. The number of amides is 1. The fraction of sp³-hybridized carbons (Fsp3) is 0.409. The molecule has 0 atom stereocenters. The molecule has 1 N–H and O–H groups in total. The molecule has 0 aromatic heterocycles. The van der Waals surface area contributed by atoms with Crippen LogP contribution in [0.15, 0.2) is 59.5 Å². The van der Waals surface area contributed by atoms with Gasteiger partial charge >= 0.3 is 0 Å². The molecule has 0 radical (unpaired) electrons. The maximum atomic E-state index is 12.4. The summed E-state index contributed by atoms with van der Waals surface area (Å²) in [5.74, 6) is 1.11. The van der Waals surface area contributed by atoms with Crippen LogP contribution in [0.4, 0.5) is 0 Å². The van der Waals surface area contributed by atoms with Gasteiger partial charge in [-0.3, -0.25) is 4.79 Å². The summed E-state index contributed by atoms with van der Waals surface area (Å²) < 4.78 is 33.0. The van der Waals surface area contributed by atoms with Gasteiger partial charge in [-0.05, 0) is 55.0 Å². The van der Waals surface area contributed by atoms with Crippen LogP contribution < -0.4 is 9.46 Å². The zero-order valence-electron chi connectivity index (χ0n) is 16.7. The number of hydrogen-bond acceptors (Lipinski definition) is 4. The van der Waals surface area contributed by atoms with Crippen LogP contribution in [0, 0.1) is 5.92 Å². The van der Waals surface area contributed by atoms with Crippen molar-refractivity contribution < 1.29 is 17.9 Å². The lowest BCUT2D eigenvalue weighted by atomic mass is 9.99. The molecular formula is C22H28N2O4S. The highest BCUT2D eigenvalue weighted by molar-refractivity contribution is 7.89. The Bertz CT molecular complexity index is 890. The molecule has 0 bridgehead atoms. The van der Waals surface area contributed by atoms with Crippen molar-refractivity contribution in [1.29, 1.82) is 0 Å². The molecule has 0 aliphatic carbocycles. The summed E-state index contributed by atoms with van der Waals surface area (Å²) in [5, 5.41) is 0. The van der Waals surface area contributed by atoms with Crippen molar-refractivity contribution in [1.82, 2.24) is 9.62 Å². The summed E-state index contributed by atoms with van der Waals surface area (Å²) >= 11 is 0. The molecule has 2 aromatic carbocycles. The Labute approximate surface area is 172 Å². The zero-order valence-corrected chi connectivity index (χ0v) is 17.5. The number of likely N-dealkylation sites (tertiary alicyclic amines) is 1. The van der Waals surface area contributed by atoms with E-state index < -0.39 is 10.0 Å². The van der Waals surface area contributed by atoms with E-state index in [9.17, 15) is 13.2 Å². The van der Waals surface area contributed by atoms with E-state index in [1.54, 1.807) is 12.1 Å². The highest BCUT2D eigenvalue weighted by Gasteiger charge is 2.20. The molecule has 1 aliphatic heterocycles. The molecule has 6 nitrogen and oxygen atoms in total. The van der Waals surface area contributed by atoms with E-state index in [1.165, 1.54) is 12.1 Å². The van der Waals surface area contributed by atoms with E-state index in [2.05, 4.69) is 11.6 Å². The summed E-state index contributed by atoms with van der Waals surface area (Å²) in [5.41, 5.74) is 1.08. The van der Waals surface area contributed by atoms with E-state index in [0.717, 1.165) is 31.5 Å². The normalized spacial score (nSPS) is 15.3. The summed E-state index contributed by atoms with van der Waals surface area (Å²) in [6, 6.07) is 15.9. The Morgan fingerprint density at radius 3 is 2.38 bits per heavy atom. The van der Waals surface area contributed by atoms with Gasteiger partial charge in [0.1, 0.15) is 5.75 Å². The van der Waals surface area contributed by atoms with Crippen LogP contribution >= 0.6 is 0 Å². The van der Waals surface area contributed by atoms with Gasteiger partial charge in [-0.15, -0.1) is 0 Å². The molecule has 29 heavy (non-hydrogen) atoms. The minimum absolute atomic E-state index is 0.0313. The van der Waals surface area contributed by atoms with Crippen LogP contribution in [-0.2, 0) is 21.2 Å². The number of rotatable bonds is 8. The smallest absolute Gasteiger partial charge is 0.260 e. The summed E-state index contributed by atoms with van der Waals surface area (Å²) in [4.78, 5) is 14.2. The van der Waals surface area contributed by atoms with Crippen LogP contribution in [0.25, 0.3) is 0 Å². The topological polar surface area (TPSA) is 75.7 Å². The molecule has 1 amide bonds. The molecule has 1 heterocycles. The third kappa shape index (κ3) is 6.30. The van der Waals surface area contributed by atoms with Gasteiger partial charge in [0.2, 0.25) is 10.0 Å². The van der Waals surface area contributed by atoms with E-state index in [-0.39, 0.29) is 17.4 Å². The lowest BCUT2D eigenvalue weighted by molar-refractivity contribution is -0.134. The van der Waals surface area contributed by atoms with Crippen LogP contribution in [0.5, 0.6) is 5.75 Å². The first-order valence-electron chi connectivity index (χ1n) is 9.98. The summed E-state index contributed by atoms with van der Waals surface area (Å²) in [7, 11) is -3.58. The van der Waals surface area contributed by atoms with Gasteiger partial charge in [-0.1, -0.05) is 37.3 Å². The first-order chi connectivity index (χ1) is 13.9. The van der Waals surface area contributed by atoms with Crippen molar-refractivity contribution in [2.45, 2.75) is 31.1 Å². The second-order valence-electron chi connectivity index (χ2n) is 7.46. The van der Waals surface area contributed by atoms with Crippen molar-refractivity contribution in [2.24, 2.45) is 5.92 Å². The Kier molecular flexibility index (Phi) is 7.28. The minimum atomic E-state index is -3.58. The Balaban J connectivity index is 1.47. The third-order valence-electron chi connectivity index (χ3n) is 5.18. The van der Waals surface area contributed by atoms with E-state index >= 15 is 0 Å². The van der Waals surface area contributed by atoms with Crippen molar-refractivity contribution in [3.05, 3.63) is 60.2 Å². The summed E-state index contributed by atoms with van der Waals surface area (Å²) in [6.45, 7) is 4.04. The zero-order chi connectivity index (χ0) is 20.7. The standard InChI is InChI=1S/C22H28N2O4S/c1-18-12-15-24(16-13-18)22(25)17-28-20-7-9-21(10-8-20)29(26,27)23-14-11-19-5-3-2-4-6-19/h2-10,18,23H,11-17H2,1H3. The van der Waals surface area contributed by atoms with Gasteiger partial charge in [0, 0.05) is 19.6 Å². The van der Waals surface area contributed by atoms with Crippen LogP contribution in [0.1, 0.15) is 25.3 Å². The van der Waals surface area contributed by atoms with E-state index in [0.29, 0.717) is 24.6 Å². The fourth-order valence-electron chi connectivity index (χ4n) is 3.27. The monoisotopic (exact) mass is 416 g/mol. The van der Waals surface area contributed by atoms with Crippen LogP contribution in [-0.4, -0.2) is 45.5 Å². The molecule has 156 valence electrons. The highest BCUT2D eigenvalue weighted by atomic mass is 32.2. The van der Waals surface area contributed by atoms with Crippen molar-refractivity contribution in [2.75, 3.05) is 26.2 Å². The molecule has 0 spiro atoms.